The number of aromatic nitrogens is 2. The molecule has 1 aromatic heterocycles. The lowest BCUT2D eigenvalue weighted by Gasteiger charge is -2.32. The average Bonchev–Trinajstić information content (AvgIpc) is 2.78. The zero-order chi connectivity index (χ0) is 23.6. The van der Waals surface area contributed by atoms with Crippen LogP contribution < -0.4 is 15.4 Å². The van der Waals surface area contributed by atoms with Crippen LogP contribution in [0, 0.1) is 0 Å². The van der Waals surface area contributed by atoms with Crippen molar-refractivity contribution in [3.63, 3.8) is 0 Å². The van der Waals surface area contributed by atoms with Gasteiger partial charge >= 0.3 is 6.18 Å². The number of piperidine rings is 1. The van der Waals surface area contributed by atoms with Gasteiger partial charge in [-0.25, -0.2) is 4.98 Å². The van der Waals surface area contributed by atoms with Gasteiger partial charge in [0, 0.05) is 32.3 Å². The Bertz CT molecular complexity index is 1020. The van der Waals surface area contributed by atoms with Crippen LogP contribution in [0.4, 0.5) is 30.6 Å². The Morgan fingerprint density at radius 2 is 1.82 bits per heavy atom. The second-order valence-corrected chi connectivity index (χ2v) is 8.53. The van der Waals surface area contributed by atoms with E-state index in [0.29, 0.717) is 37.4 Å². The van der Waals surface area contributed by atoms with E-state index in [1.54, 1.807) is 12.0 Å². The van der Waals surface area contributed by atoms with Gasteiger partial charge < -0.3 is 20.3 Å². The van der Waals surface area contributed by atoms with Gasteiger partial charge in [-0.2, -0.15) is 18.2 Å². The third-order valence-electron chi connectivity index (χ3n) is 6.29. The molecular formula is C23H28F3N5O2. The van der Waals surface area contributed by atoms with Crippen molar-refractivity contribution in [3.05, 3.63) is 35.0 Å². The van der Waals surface area contributed by atoms with E-state index in [1.807, 2.05) is 12.1 Å². The fourth-order valence-electron chi connectivity index (χ4n) is 4.44. The molecule has 1 aliphatic heterocycles. The molecule has 7 nitrogen and oxygen atoms in total. The molecule has 178 valence electrons. The normalized spacial score (nSPS) is 16.8. The molecule has 33 heavy (non-hydrogen) atoms. The lowest BCUT2D eigenvalue weighted by Crippen LogP contribution is -2.41. The fourth-order valence-corrected chi connectivity index (χ4v) is 4.44. The number of nitrogens with one attached hydrogen (secondary N) is 2. The first-order chi connectivity index (χ1) is 15.7. The van der Waals surface area contributed by atoms with Crippen molar-refractivity contribution >= 4 is 23.4 Å². The highest BCUT2D eigenvalue weighted by molar-refractivity contribution is 5.73. The molecule has 4 rings (SSSR count). The predicted molar refractivity (Wildman–Crippen MR) is 119 cm³/mol. The molecule has 1 saturated heterocycles. The van der Waals surface area contributed by atoms with Crippen LogP contribution in [0.15, 0.2) is 18.3 Å². The highest BCUT2D eigenvalue weighted by atomic mass is 19.4. The van der Waals surface area contributed by atoms with Gasteiger partial charge in [0.05, 0.1) is 12.8 Å². The third-order valence-corrected chi connectivity index (χ3v) is 6.29. The van der Waals surface area contributed by atoms with Gasteiger partial charge in [0.25, 0.3) is 0 Å². The molecule has 2 aromatic rings. The topological polar surface area (TPSA) is 79.4 Å². The number of likely N-dealkylation sites (tertiary alicyclic amines) is 1. The highest BCUT2D eigenvalue weighted by Crippen LogP contribution is 2.37. The summed E-state index contributed by atoms with van der Waals surface area (Å²) in [6.45, 7) is 2.49. The summed E-state index contributed by atoms with van der Waals surface area (Å²) >= 11 is 0. The molecule has 0 saturated carbocycles. The quantitative estimate of drug-likeness (QED) is 0.677. The van der Waals surface area contributed by atoms with E-state index in [-0.39, 0.29) is 23.7 Å². The van der Waals surface area contributed by atoms with E-state index in [9.17, 15) is 18.0 Å². The molecule has 0 radical (unpaired) electrons. The van der Waals surface area contributed by atoms with Crippen LogP contribution in [-0.4, -0.2) is 47.0 Å². The molecule has 1 fully saturated rings. The SMILES string of the molecule is COc1cc2c(cc1Nc1ncc(C(F)(F)F)c(NC3CCN(C(C)=O)CC3)n1)CCCC2. The van der Waals surface area contributed by atoms with Crippen molar-refractivity contribution in [1.29, 1.82) is 0 Å². The van der Waals surface area contributed by atoms with Crippen LogP contribution >= 0.6 is 0 Å². The smallest absolute Gasteiger partial charge is 0.421 e. The first-order valence-corrected chi connectivity index (χ1v) is 11.2. The predicted octanol–water partition coefficient (Wildman–Crippen LogP) is 4.55. The van der Waals surface area contributed by atoms with Crippen molar-refractivity contribution < 1.29 is 22.7 Å². The summed E-state index contributed by atoms with van der Waals surface area (Å²) in [6.07, 6.45) is 1.46. The highest BCUT2D eigenvalue weighted by Gasteiger charge is 2.36. The first-order valence-electron chi connectivity index (χ1n) is 11.2. The van der Waals surface area contributed by atoms with E-state index in [4.69, 9.17) is 4.74 Å². The van der Waals surface area contributed by atoms with Crippen LogP contribution in [0.25, 0.3) is 0 Å². The van der Waals surface area contributed by atoms with Crippen LogP contribution in [0.1, 0.15) is 49.3 Å². The van der Waals surface area contributed by atoms with Gasteiger partial charge in [0.15, 0.2) is 0 Å². The largest absolute Gasteiger partial charge is 0.495 e. The number of nitrogens with zero attached hydrogens (tertiary/aromatic N) is 3. The second kappa shape index (κ2) is 9.44. The number of fused-ring (bicyclic) bond motifs is 1. The second-order valence-electron chi connectivity index (χ2n) is 8.53. The van der Waals surface area contributed by atoms with E-state index in [1.165, 1.54) is 18.1 Å². The maximum atomic E-state index is 13.6. The van der Waals surface area contributed by atoms with Crippen LogP contribution in [-0.2, 0) is 23.8 Å². The molecule has 2 aliphatic rings. The minimum absolute atomic E-state index is 0.0306. The number of benzene rings is 1. The Balaban J connectivity index is 1.58. The lowest BCUT2D eigenvalue weighted by molar-refractivity contribution is -0.137. The van der Waals surface area contributed by atoms with Gasteiger partial charge in [-0.3, -0.25) is 4.79 Å². The van der Waals surface area contributed by atoms with Crippen molar-refractivity contribution in [1.82, 2.24) is 14.9 Å². The number of alkyl halides is 3. The summed E-state index contributed by atoms with van der Waals surface area (Å²) in [5.74, 6) is 0.362. The molecule has 1 aliphatic carbocycles. The molecular weight excluding hydrogens is 435 g/mol. The molecule has 2 heterocycles. The molecule has 1 amide bonds. The van der Waals surface area contributed by atoms with E-state index < -0.39 is 11.7 Å². The number of amides is 1. The standard InChI is InChI=1S/C23H28F3N5O2/c1-14(32)31-9-7-17(8-10-31)28-21-18(23(24,25)26)13-27-22(30-21)29-19-11-15-5-3-4-6-16(15)12-20(19)33-2/h11-13,17H,3-10H2,1-2H3,(H2,27,28,29,30). The number of carbonyl (C=O) groups is 1. The molecule has 0 spiro atoms. The summed E-state index contributed by atoms with van der Waals surface area (Å²) in [6, 6.07) is 3.73. The molecule has 0 atom stereocenters. The molecule has 0 bridgehead atoms. The summed E-state index contributed by atoms with van der Waals surface area (Å²) in [5.41, 5.74) is 2.14. The number of ether oxygens (including phenoxy) is 1. The summed E-state index contributed by atoms with van der Waals surface area (Å²) < 4.78 is 46.4. The third kappa shape index (κ3) is 5.31. The van der Waals surface area contributed by atoms with Gasteiger partial charge in [0.1, 0.15) is 17.1 Å². The van der Waals surface area contributed by atoms with Gasteiger partial charge in [-0.15, -0.1) is 0 Å². The number of rotatable bonds is 5. The maximum Gasteiger partial charge on any atom is 0.421 e. The Hall–Kier alpha value is -3.04. The number of anilines is 3. The Morgan fingerprint density at radius 1 is 1.15 bits per heavy atom. The Morgan fingerprint density at radius 3 is 2.42 bits per heavy atom. The Kier molecular flexibility index (Phi) is 6.62. The van der Waals surface area contributed by atoms with Gasteiger partial charge in [0.2, 0.25) is 11.9 Å². The van der Waals surface area contributed by atoms with Crippen molar-refractivity contribution in [2.45, 2.75) is 57.7 Å². The molecule has 0 unspecified atom stereocenters. The zero-order valence-corrected chi connectivity index (χ0v) is 18.8. The summed E-state index contributed by atoms with van der Waals surface area (Å²) in [7, 11) is 1.56. The van der Waals surface area contributed by atoms with Crippen molar-refractivity contribution in [3.8, 4) is 5.75 Å². The first kappa shape index (κ1) is 23.1. The summed E-state index contributed by atoms with van der Waals surface area (Å²) in [5, 5.41) is 5.98. The van der Waals surface area contributed by atoms with Crippen LogP contribution in [0.2, 0.25) is 0 Å². The maximum absolute atomic E-state index is 13.6. The van der Waals surface area contributed by atoms with Crippen molar-refractivity contribution in [2.75, 3.05) is 30.8 Å². The summed E-state index contributed by atoms with van der Waals surface area (Å²) in [4.78, 5) is 21.3. The zero-order valence-electron chi connectivity index (χ0n) is 18.8. The minimum Gasteiger partial charge on any atom is -0.495 e. The number of methoxy groups -OCH3 is 1. The molecule has 10 heteroatoms. The van der Waals surface area contributed by atoms with E-state index in [0.717, 1.165) is 31.9 Å². The van der Waals surface area contributed by atoms with Crippen LogP contribution in [0.5, 0.6) is 5.75 Å². The number of hydrogen-bond acceptors (Lipinski definition) is 6. The number of halogens is 3. The van der Waals surface area contributed by atoms with Gasteiger partial charge in [-0.05, 0) is 61.8 Å². The number of hydrogen-bond donors (Lipinski definition) is 2. The fraction of sp³-hybridized carbons (Fsp3) is 0.522. The monoisotopic (exact) mass is 463 g/mol. The van der Waals surface area contributed by atoms with E-state index >= 15 is 0 Å². The van der Waals surface area contributed by atoms with Gasteiger partial charge in [-0.1, -0.05) is 0 Å². The minimum atomic E-state index is -4.59. The number of aryl methyl sites for hydroxylation is 2. The average molecular weight is 464 g/mol. The van der Waals surface area contributed by atoms with Crippen LogP contribution in [0.3, 0.4) is 0 Å². The van der Waals surface area contributed by atoms with Crippen molar-refractivity contribution in [2.24, 2.45) is 0 Å². The molecule has 2 N–H and O–H groups in total. The van der Waals surface area contributed by atoms with E-state index in [2.05, 4.69) is 20.6 Å². The molecule has 1 aromatic carbocycles. The lowest BCUT2D eigenvalue weighted by atomic mass is 9.91. The Labute approximate surface area is 190 Å². The number of carbonyl (C=O) groups excluding carboxylic acids is 1.